The highest BCUT2D eigenvalue weighted by molar-refractivity contribution is 7.92. The molecule has 1 atom stereocenters. The molecular formula is C21H20ClF3N4O4S. The second kappa shape index (κ2) is 10.4. The van der Waals surface area contributed by atoms with Gasteiger partial charge in [-0.2, -0.15) is 13.2 Å². The van der Waals surface area contributed by atoms with Crippen LogP contribution >= 0.6 is 12.4 Å². The van der Waals surface area contributed by atoms with Crippen molar-refractivity contribution in [3.05, 3.63) is 83.8 Å². The lowest BCUT2D eigenvalue weighted by molar-refractivity contribution is -0.137. The number of hydrogen-bond donors (Lipinski definition) is 3. The van der Waals surface area contributed by atoms with E-state index in [1.807, 2.05) is 0 Å². The molecule has 0 amide bonds. The van der Waals surface area contributed by atoms with Crippen LogP contribution < -0.4 is 11.1 Å². The van der Waals surface area contributed by atoms with Gasteiger partial charge in [-0.05, 0) is 42.0 Å². The van der Waals surface area contributed by atoms with Crippen molar-refractivity contribution in [3.63, 3.8) is 0 Å². The fourth-order valence-electron chi connectivity index (χ4n) is 3.09. The predicted molar refractivity (Wildman–Crippen MR) is 120 cm³/mol. The molecule has 4 N–H and O–H groups in total. The molecule has 2 heterocycles. The molecule has 0 bridgehead atoms. The lowest BCUT2D eigenvalue weighted by Crippen LogP contribution is -2.47. The third-order valence-corrected chi connectivity index (χ3v) is 6.95. The summed E-state index contributed by atoms with van der Waals surface area (Å²) in [7, 11) is -4.35. The van der Waals surface area contributed by atoms with E-state index in [0.717, 1.165) is 30.5 Å². The molecule has 0 spiro atoms. The average molecular weight is 517 g/mol. The molecule has 0 aliphatic rings. The van der Waals surface area contributed by atoms with Crippen molar-refractivity contribution in [2.45, 2.75) is 22.4 Å². The molecule has 0 aliphatic carbocycles. The first-order valence-electron chi connectivity index (χ1n) is 9.46. The van der Waals surface area contributed by atoms with Gasteiger partial charge in [0.25, 0.3) is 0 Å². The average Bonchev–Trinajstić information content (AvgIpc) is 2.78. The lowest BCUT2D eigenvalue weighted by atomic mass is 10.0. The molecule has 0 saturated carbocycles. The Labute approximate surface area is 199 Å². The van der Waals surface area contributed by atoms with Crippen LogP contribution in [0.1, 0.15) is 16.8 Å². The van der Waals surface area contributed by atoms with E-state index in [1.165, 1.54) is 36.5 Å². The fraction of sp³-hybridized carbons (Fsp3) is 0.190. The Morgan fingerprint density at radius 1 is 1.06 bits per heavy atom. The number of halogens is 4. The molecule has 3 aromatic rings. The van der Waals surface area contributed by atoms with E-state index in [1.54, 1.807) is 0 Å². The number of nitrogens with zero attached hydrogens (tertiary/aromatic N) is 2. The normalized spacial score (nSPS) is 13.4. The Bertz CT molecular complexity index is 1240. The molecule has 2 aromatic heterocycles. The number of aliphatic carboxylic acids is 1. The molecule has 1 aromatic carbocycles. The van der Waals surface area contributed by atoms with Crippen LogP contribution in [-0.4, -0.2) is 36.0 Å². The molecule has 8 nitrogen and oxygen atoms in total. The van der Waals surface area contributed by atoms with Crippen molar-refractivity contribution < 1.29 is 31.5 Å². The maximum absolute atomic E-state index is 13.6. The number of anilines is 1. The van der Waals surface area contributed by atoms with Gasteiger partial charge in [-0.15, -0.1) is 12.4 Å². The smallest absolute Gasteiger partial charge is 0.416 e. The van der Waals surface area contributed by atoms with E-state index in [2.05, 4.69) is 15.3 Å². The Kier molecular flexibility index (Phi) is 8.24. The summed E-state index contributed by atoms with van der Waals surface area (Å²) in [5.41, 5.74) is 5.68. The minimum atomic E-state index is -4.55. The van der Waals surface area contributed by atoms with Gasteiger partial charge in [0.1, 0.15) is 12.4 Å². The summed E-state index contributed by atoms with van der Waals surface area (Å²) < 4.78 is 65.9. The Hall–Kier alpha value is -3.22. The van der Waals surface area contributed by atoms with Gasteiger partial charge in [-0.25, -0.2) is 13.4 Å². The quantitative estimate of drug-likeness (QED) is 0.415. The number of nitrogens with two attached hydrogens (primary N) is 1. The van der Waals surface area contributed by atoms with Crippen LogP contribution in [0.25, 0.3) is 0 Å². The van der Waals surface area contributed by atoms with E-state index in [0.29, 0.717) is 0 Å². The van der Waals surface area contributed by atoms with E-state index in [9.17, 15) is 26.4 Å². The number of carboxylic acid groups (broad SMARTS) is 1. The lowest BCUT2D eigenvalue weighted by Gasteiger charge is -2.29. The highest BCUT2D eigenvalue weighted by Crippen LogP contribution is 2.35. The summed E-state index contributed by atoms with van der Waals surface area (Å²) in [5, 5.41) is 11.4. The van der Waals surface area contributed by atoms with Crippen molar-refractivity contribution in [3.8, 4) is 0 Å². The van der Waals surface area contributed by atoms with E-state index >= 15 is 0 Å². The predicted octanol–water partition coefficient (Wildman–Crippen LogP) is 3.24. The maximum Gasteiger partial charge on any atom is 0.416 e. The van der Waals surface area contributed by atoms with Crippen LogP contribution in [0.4, 0.5) is 19.0 Å². The van der Waals surface area contributed by atoms with Crippen LogP contribution in [0.2, 0.25) is 0 Å². The van der Waals surface area contributed by atoms with E-state index in [-0.39, 0.29) is 34.4 Å². The SMILES string of the molecule is Cl.NC(Cc1ccc(C(F)(F)F)cc1)(c1cccc(NCC(=O)O)n1)S(=O)(=O)c1cccnc1. The van der Waals surface area contributed by atoms with Gasteiger partial charge in [0.05, 0.1) is 16.2 Å². The zero-order chi connectivity index (χ0) is 24.3. The van der Waals surface area contributed by atoms with Crippen molar-refractivity contribution in [1.29, 1.82) is 0 Å². The van der Waals surface area contributed by atoms with Crippen LogP contribution in [0.3, 0.4) is 0 Å². The first-order chi connectivity index (χ1) is 15.4. The number of pyridine rings is 2. The third-order valence-electron chi connectivity index (χ3n) is 4.78. The standard InChI is InChI=1S/C21H19F3N4O4S.ClH/c22-21(23,24)15-8-6-14(7-9-15)11-20(25,33(31,32)16-3-2-10-26-12-16)17-4-1-5-18(28-17)27-13-19(29)30;/h1-10,12H,11,13,25H2,(H,27,28)(H,29,30);1H. The molecule has 0 aliphatic heterocycles. The van der Waals surface area contributed by atoms with Crippen molar-refractivity contribution in [2.24, 2.45) is 5.73 Å². The molecule has 13 heteroatoms. The number of sulfone groups is 1. The summed E-state index contributed by atoms with van der Waals surface area (Å²) in [4.78, 5) is 16.4. The summed E-state index contributed by atoms with van der Waals surface area (Å²) >= 11 is 0. The number of benzene rings is 1. The Morgan fingerprint density at radius 3 is 2.29 bits per heavy atom. The van der Waals surface area contributed by atoms with Crippen LogP contribution in [0.5, 0.6) is 0 Å². The molecule has 3 rings (SSSR count). The number of alkyl halides is 3. The van der Waals surface area contributed by atoms with E-state index < -0.39 is 45.4 Å². The number of nitrogens with one attached hydrogen (secondary N) is 1. The second-order valence-corrected chi connectivity index (χ2v) is 9.32. The van der Waals surface area contributed by atoms with Gasteiger partial charge < -0.3 is 16.2 Å². The molecule has 0 fully saturated rings. The molecule has 0 saturated heterocycles. The third kappa shape index (κ3) is 5.82. The highest BCUT2D eigenvalue weighted by Gasteiger charge is 2.45. The Balaban J connectivity index is 0.00000408. The minimum absolute atomic E-state index is 0. The molecule has 1 unspecified atom stereocenters. The van der Waals surface area contributed by atoms with Crippen LogP contribution in [-0.2, 0) is 32.1 Å². The largest absolute Gasteiger partial charge is 0.480 e. The minimum Gasteiger partial charge on any atom is -0.480 e. The number of carboxylic acids is 1. The fourth-order valence-corrected chi connectivity index (χ4v) is 4.71. The van der Waals surface area contributed by atoms with Gasteiger partial charge >= 0.3 is 12.1 Å². The first kappa shape index (κ1) is 27.0. The number of carbonyl (C=O) groups is 1. The Morgan fingerprint density at radius 2 is 1.74 bits per heavy atom. The topological polar surface area (TPSA) is 135 Å². The summed E-state index contributed by atoms with van der Waals surface area (Å²) in [6.45, 7) is -0.470. The zero-order valence-electron chi connectivity index (χ0n) is 17.4. The molecular weight excluding hydrogens is 497 g/mol. The maximum atomic E-state index is 13.6. The number of aromatic nitrogens is 2. The summed E-state index contributed by atoms with van der Waals surface area (Å²) in [5.74, 6) is -1.09. The van der Waals surface area contributed by atoms with Crippen molar-refractivity contribution >= 4 is 34.0 Å². The summed E-state index contributed by atoms with van der Waals surface area (Å²) in [6, 6.07) is 10.9. The van der Waals surface area contributed by atoms with Gasteiger partial charge in [0.15, 0.2) is 4.87 Å². The molecule has 182 valence electrons. The van der Waals surface area contributed by atoms with Crippen molar-refractivity contribution in [2.75, 3.05) is 11.9 Å². The van der Waals surface area contributed by atoms with Crippen LogP contribution in [0.15, 0.2) is 71.9 Å². The number of hydrogen-bond acceptors (Lipinski definition) is 7. The first-order valence-corrected chi connectivity index (χ1v) is 10.9. The van der Waals surface area contributed by atoms with Crippen molar-refractivity contribution in [1.82, 2.24) is 9.97 Å². The van der Waals surface area contributed by atoms with E-state index in [4.69, 9.17) is 10.8 Å². The summed E-state index contributed by atoms with van der Waals surface area (Å²) in [6.07, 6.45) is -2.47. The molecule has 34 heavy (non-hydrogen) atoms. The number of rotatable bonds is 8. The monoisotopic (exact) mass is 516 g/mol. The van der Waals surface area contributed by atoms with Gasteiger partial charge in [-0.3, -0.25) is 9.78 Å². The van der Waals surface area contributed by atoms with Gasteiger partial charge in [-0.1, -0.05) is 18.2 Å². The van der Waals surface area contributed by atoms with Crippen LogP contribution in [0, 0.1) is 0 Å². The molecule has 0 radical (unpaired) electrons. The van der Waals surface area contributed by atoms with Gasteiger partial charge in [0, 0.05) is 18.8 Å². The second-order valence-electron chi connectivity index (χ2n) is 7.11. The van der Waals surface area contributed by atoms with Gasteiger partial charge in [0.2, 0.25) is 9.84 Å². The zero-order valence-corrected chi connectivity index (χ0v) is 19.0. The highest BCUT2D eigenvalue weighted by atomic mass is 35.5.